The van der Waals surface area contributed by atoms with E-state index >= 15 is 0 Å². The first-order valence-electron chi connectivity index (χ1n) is 9.27. The number of carbonyl (C=O) groups excluding carboxylic acids is 2. The van der Waals surface area contributed by atoms with Gasteiger partial charge in [0.05, 0.1) is 22.2 Å². The first-order valence-corrected chi connectivity index (χ1v) is 10.6. The summed E-state index contributed by atoms with van der Waals surface area (Å²) in [6, 6.07) is 12.6. The van der Waals surface area contributed by atoms with Crippen LogP contribution in [0, 0.1) is 5.82 Å². The molecule has 4 rings (SSSR count). The van der Waals surface area contributed by atoms with Crippen molar-refractivity contribution in [3.63, 3.8) is 0 Å². The molecule has 3 aromatic rings. The molecule has 0 fully saturated rings. The zero-order valence-electron chi connectivity index (χ0n) is 15.9. The summed E-state index contributed by atoms with van der Waals surface area (Å²) in [6.07, 6.45) is -0.184. The fraction of sp³-hybridized carbons (Fsp3) is 0.143. The molecule has 1 aromatic heterocycles. The molecule has 1 aliphatic rings. The minimum Gasteiger partial charge on any atom is -0.324 e. The molecule has 3 N–H and O–H groups in total. The van der Waals surface area contributed by atoms with E-state index in [0.29, 0.717) is 16.5 Å². The molecule has 0 saturated heterocycles. The van der Waals surface area contributed by atoms with E-state index in [2.05, 4.69) is 20.6 Å². The summed E-state index contributed by atoms with van der Waals surface area (Å²) >= 11 is 7.31. The van der Waals surface area contributed by atoms with E-state index in [0.717, 1.165) is 5.56 Å². The molecule has 2 aromatic carbocycles. The Bertz CT molecular complexity index is 1220. The summed E-state index contributed by atoms with van der Waals surface area (Å²) < 4.78 is 13.0. The number of benzene rings is 2. The molecule has 0 bridgehead atoms. The Kier molecular flexibility index (Phi) is 6.06. The molecule has 0 saturated carbocycles. The van der Waals surface area contributed by atoms with E-state index in [1.165, 1.54) is 23.9 Å². The maximum Gasteiger partial charge on any atom is 0.257 e. The van der Waals surface area contributed by atoms with Gasteiger partial charge in [0, 0.05) is 12.2 Å². The average molecular weight is 459 g/mol. The Hall–Kier alpha value is -3.17. The first kappa shape index (κ1) is 21.1. The number of carbonyl (C=O) groups is 2. The van der Waals surface area contributed by atoms with E-state index in [1.54, 1.807) is 36.4 Å². The van der Waals surface area contributed by atoms with Gasteiger partial charge < -0.3 is 15.6 Å². The molecule has 0 unspecified atom stereocenters. The van der Waals surface area contributed by atoms with Crippen molar-refractivity contribution in [1.29, 1.82) is 0 Å². The summed E-state index contributed by atoms with van der Waals surface area (Å²) in [4.78, 5) is 44.8. The van der Waals surface area contributed by atoms with Crippen LogP contribution in [-0.4, -0.2) is 21.8 Å². The summed E-state index contributed by atoms with van der Waals surface area (Å²) in [7, 11) is 0. The highest BCUT2D eigenvalue weighted by Gasteiger charge is 2.35. The molecule has 7 nitrogen and oxygen atoms in total. The monoisotopic (exact) mass is 458 g/mol. The van der Waals surface area contributed by atoms with E-state index in [9.17, 15) is 18.8 Å². The Morgan fingerprint density at radius 1 is 1.19 bits per heavy atom. The largest absolute Gasteiger partial charge is 0.324 e. The van der Waals surface area contributed by atoms with Crippen LogP contribution < -0.4 is 16.2 Å². The predicted molar refractivity (Wildman–Crippen MR) is 117 cm³/mol. The van der Waals surface area contributed by atoms with Crippen LogP contribution in [0.4, 0.5) is 15.9 Å². The number of H-pyrrole nitrogens is 1. The molecule has 2 heterocycles. The van der Waals surface area contributed by atoms with Gasteiger partial charge >= 0.3 is 0 Å². The highest BCUT2D eigenvalue weighted by Crippen LogP contribution is 2.31. The number of halogens is 2. The third-order valence-electron chi connectivity index (χ3n) is 4.67. The molecule has 2 amide bonds. The number of aromatic nitrogens is 2. The minimum absolute atomic E-state index is 0.0564. The van der Waals surface area contributed by atoms with E-state index in [-0.39, 0.29) is 28.8 Å². The summed E-state index contributed by atoms with van der Waals surface area (Å²) in [5.74, 6) is -1.79. The summed E-state index contributed by atoms with van der Waals surface area (Å²) in [5, 5.41) is 5.86. The number of para-hydroxylation sites is 1. The van der Waals surface area contributed by atoms with Gasteiger partial charge in [-0.3, -0.25) is 14.4 Å². The van der Waals surface area contributed by atoms with Crippen molar-refractivity contribution in [3.8, 4) is 0 Å². The molecule has 31 heavy (non-hydrogen) atoms. The maximum absolute atomic E-state index is 13.0. The SMILES string of the molecule is O=C1C[C@H](C(=O)Nc2ccccc2Cl)c2c(nc(SCc3ccc(F)cc3)[nH]c2=O)N1. The van der Waals surface area contributed by atoms with Crippen molar-refractivity contribution >= 4 is 46.7 Å². The number of aromatic amines is 1. The summed E-state index contributed by atoms with van der Waals surface area (Å²) in [5.41, 5.74) is 0.812. The third-order valence-corrected chi connectivity index (χ3v) is 5.94. The molecule has 0 spiro atoms. The second-order valence-electron chi connectivity index (χ2n) is 6.82. The lowest BCUT2D eigenvalue weighted by molar-refractivity contribution is -0.123. The molecule has 0 aliphatic carbocycles. The quantitative estimate of drug-likeness (QED) is 0.397. The van der Waals surface area contributed by atoms with Crippen molar-refractivity contribution < 1.29 is 14.0 Å². The van der Waals surface area contributed by atoms with Crippen LogP contribution in [0.3, 0.4) is 0 Å². The second kappa shape index (κ2) is 8.91. The van der Waals surface area contributed by atoms with E-state index in [4.69, 9.17) is 11.6 Å². The number of anilines is 2. The third kappa shape index (κ3) is 4.78. The minimum atomic E-state index is -1.01. The number of hydrogen-bond donors (Lipinski definition) is 3. The van der Waals surface area contributed by atoms with Crippen LogP contribution >= 0.6 is 23.4 Å². The van der Waals surface area contributed by atoms with Crippen molar-refractivity contribution in [2.45, 2.75) is 23.2 Å². The zero-order valence-corrected chi connectivity index (χ0v) is 17.5. The van der Waals surface area contributed by atoms with Crippen molar-refractivity contribution in [2.75, 3.05) is 10.6 Å². The number of nitrogens with one attached hydrogen (secondary N) is 3. The fourth-order valence-corrected chi connectivity index (χ4v) is 4.16. The normalized spacial score (nSPS) is 15.2. The summed E-state index contributed by atoms with van der Waals surface area (Å²) in [6.45, 7) is 0. The van der Waals surface area contributed by atoms with Gasteiger partial charge in [-0.2, -0.15) is 0 Å². The van der Waals surface area contributed by atoms with Gasteiger partial charge in [-0.1, -0.05) is 47.6 Å². The van der Waals surface area contributed by atoms with Crippen molar-refractivity contribution in [3.05, 3.63) is 80.9 Å². The van der Waals surface area contributed by atoms with Crippen molar-refractivity contribution in [1.82, 2.24) is 9.97 Å². The smallest absolute Gasteiger partial charge is 0.257 e. The van der Waals surface area contributed by atoms with Gasteiger partial charge in [0.1, 0.15) is 11.6 Å². The van der Waals surface area contributed by atoms with Crippen LogP contribution in [-0.2, 0) is 15.3 Å². The topological polar surface area (TPSA) is 104 Å². The van der Waals surface area contributed by atoms with Gasteiger partial charge in [0.2, 0.25) is 11.8 Å². The number of rotatable bonds is 5. The Morgan fingerprint density at radius 3 is 2.68 bits per heavy atom. The van der Waals surface area contributed by atoms with Crippen LogP contribution in [0.15, 0.2) is 58.5 Å². The maximum atomic E-state index is 13.0. The predicted octanol–water partition coefficient (Wildman–Crippen LogP) is 3.92. The molecule has 0 radical (unpaired) electrons. The lowest BCUT2D eigenvalue weighted by Gasteiger charge is -2.23. The zero-order chi connectivity index (χ0) is 22.0. The molecular formula is C21H16ClFN4O3S. The highest BCUT2D eigenvalue weighted by molar-refractivity contribution is 7.98. The van der Waals surface area contributed by atoms with E-state index in [1.807, 2.05) is 0 Å². The number of amides is 2. The van der Waals surface area contributed by atoms with Gasteiger partial charge in [0.15, 0.2) is 5.16 Å². The standard InChI is InChI=1S/C21H16ClFN4O3S/c22-14-3-1-2-4-15(14)24-19(29)13-9-16(28)25-18-17(13)20(30)27-21(26-18)31-10-11-5-7-12(23)8-6-11/h1-8,13H,9-10H2,(H,24,29)(H2,25,26,27,28,30)/t13-/m0/s1. The molecular weight excluding hydrogens is 443 g/mol. The molecule has 158 valence electrons. The number of fused-ring (bicyclic) bond motifs is 1. The van der Waals surface area contributed by atoms with Crippen LogP contribution in [0.2, 0.25) is 5.02 Å². The van der Waals surface area contributed by atoms with Crippen LogP contribution in [0.25, 0.3) is 0 Å². The van der Waals surface area contributed by atoms with Crippen LogP contribution in [0.1, 0.15) is 23.5 Å². The molecule has 1 atom stereocenters. The number of nitrogens with zero attached hydrogens (tertiary/aromatic N) is 1. The Balaban J connectivity index is 1.58. The van der Waals surface area contributed by atoms with Gasteiger partial charge in [-0.15, -0.1) is 0 Å². The lowest BCUT2D eigenvalue weighted by atomic mass is 9.92. The highest BCUT2D eigenvalue weighted by atomic mass is 35.5. The number of hydrogen-bond acceptors (Lipinski definition) is 5. The first-order chi connectivity index (χ1) is 14.9. The Labute approximate surface area is 185 Å². The van der Waals surface area contributed by atoms with Gasteiger partial charge in [-0.05, 0) is 29.8 Å². The Morgan fingerprint density at radius 2 is 1.94 bits per heavy atom. The average Bonchev–Trinajstić information content (AvgIpc) is 2.74. The van der Waals surface area contributed by atoms with Gasteiger partial charge in [0.25, 0.3) is 5.56 Å². The van der Waals surface area contributed by atoms with E-state index < -0.39 is 23.3 Å². The molecule has 10 heteroatoms. The fourth-order valence-electron chi connectivity index (χ4n) is 3.16. The number of thioether (sulfide) groups is 1. The lowest BCUT2D eigenvalue weighted by Crippen LogP contribution is -2.36. The van der Waals surface area contributed by atoms with Crippen LogP contribution in [0.5, 0.6) is 0 Å². The second-order valence-corrected chi connectivity index (χ2v) is 8.19. The van der Waals surface area contributed by atoms with Crippen molar-refractivity contribution in [2.24, 2.45) is 0 Å². The van der Waals surface area contributed by atoms with Gasteiger partial charge in [-0.25, -0.2) is 9.37 Å². The molecule has 1 aliphatic heterocycles.